The van der Waals surface area contributed by atoms with Gasteiger partial charge in [-0.3, -0.25) is 4.68 Å². The van der Waals surface area contributed by atoms with Crippen LogP contribution in [0.1, 0.15) is 26.5 Å². The number of carbonyl (C=O) groups is 1. The van der Waals surface area contributed by atoms with Crippen LogP contribution >= 0.6 is 0 Å². The van der Waals surface area contributed by atoms with Gasteiger partial charge in [0.25, 0.3) is 0 Å². The Morgan fingerprint density at radius 3 is 2.21 bits per heavy atom. The van der Waals surface area contributed by atoms with Crippen molar-refractivity contribution in [2.45, 2.75) is 32.4 Å². The first-order valence-electron chi connectivity index (χ1n) is 10.1. The zero-order valence-electron chi connectivity index (χ0n) is 18.5. The summed E-state index contributed by atoms with van der Waals surface area (Å²) in [5.74, 6) is -4.22. The van der Waals surface area contributed by atoms with Crippen molar-refractivity contribution >= 4 is 17.0 Å². The van der Waals surface area contributed by atoms with Crippen molar-refractivity contribution < 1.29 is 31.6 Å². The minimum absolute atomic E-state index is 0.00777. The maximum atomic E-state index is 14.3. The third kappa shape index (κ3) is 4.13. The maximum Gasteiger partial charge on any atom is 0.493 e. The lowest BCUT2D eigenvalue weighted by Gasteiger charge is -2.13. The molecule has 0 saturated heterocycles. The number of alkyl halides is 3. The van der Waals surface area contributed by atoms with Crippen LogP contribution in [0, 0.1) is 11.6 Å². The predicted molar refractivity (Wildman–Crippen MR) is 114 cm³/mol. The molecule has 2 heterocycles. The van der Waals surface area contributed by atoms with Gasteiger partial charge in [0.05, 0.1) is 16.8 Å². The number of hydrogen-bond acceptors (Lipinski definition) is 4. The molecule has 0 aliphatic carbocycles. The molecule has 0 fully saturated rings. The molecule has 6 nitrogen and oxygen atoms in total. The van der Waals surface area contributed by atoms with E-state index in [1.807, 2.05) is 20.8 Å². The molecule has 4 rings (SSSR count). The lowest BCUT2D eigenvalue weighted by molar-refractivity contribution is -0.199. The van der Waals surface area contributed by atoms with Gasteiger partial charge in [0, 0.05) is 12.5 Å². The van der Waals surface area contributed by atoms with E-state index in [1.165, 1.54) is 28.9 Å². The number of carbonyl (C=O) groups excluding carboxylic acids is 1. The van der Waals surface area contributed by atoms with Crippen molar-refractivity contribution in [3.63, 3.8) is 0 Å². The Hall–Kier alpha value is -3.76. The SMILES string of the molecule is Cn1nc(C(C)(C)C)cc1-c1nc2cc(-c3c(F)cccc3F)ccc2n1OC(=O)C(F)(F)F. The fraction of sp³-hybridized carbons (Fsp3) is 0.261. The Morgan fingerprint density at radius 2 is 1.65 bits per heavy atom. The van der Waals surface area contributed by atoms with Crippen molar-refractivity contribution in [2.75, 3.05) is 0 Å². The van der Waals surface area contributed by atoms with Gasteiger partial charge in [-0.1, -0.05) is 32.9 Å². The fourth-order valence-corrected chi connectivity index (χ4v) is 3.42. The largest absolute Gasteiger partial charge is 0.493 e. The summed E-state index contributed by atoms with van der Waals surface area (Å²) in [6, 6.07) is 8.89. The van der Waals surface area contributed by atoms with E-state index >= 15 is 0 Å². The second-order valence-electron chi connectivity index (χ2n) is 8.69. The van der Waals surface area contributed by atoms with Crippen LogP contribution in [0.4, 0.5) is 22.0 Å². The van der Waals surface area contributed by atoms with Gasteiger partial charge in [0.2, 0.25) is 0 Å². The standard InChI is InChI=1S/C23H19F5N4O2/c1-22(2,3)18-11-17(31(4)30-18)20-29-15-10-12(19-13(24)6-5-7-14(19)25)8-9-16(15)32(20)34-21(33)23(26,27)28/h5-11H,1-4H3. The molecule has 4 aromatic rings. The Bertz CT molecular complexity index is 1390. The number of aryl methyl sites for hydroxylation is 1. The summed E-state index contributed by atoms with van der Waals surface area (Å²) in [6.07, 6.45) is -5.26. The molecule has 0 N–H and O–H groups in total. The van der Waals surface area contributed by atoms with E-state index in [0.717, 1.165) is 12.1 Å². The normalized spacial score (nSPS) is 12.4. The molecule has 0 saturated carbocycles. The molecule has 0 unspecified atom stereocenters. The van der Waals surface area contributed by atoms with Gasteiger partial charge in [0.1, 0.15) is 22.8 Å². The zero-order valence-corrected chi connectivity index (χ0v) is 18.5. The van der Waals surface area contributed by atoms with Crippen LogP contribution in [0.2, 0.25) is 0 Å². The monoisotopic (exact) mass is 478 g/mol. The molecule has 0 spiro atoms. The highest BCUT2D eigenvalue weighted by Gasteiger charge is 2.42. The third-order valence-electron chi connectivity index (χ3n) is 5.15. The minimum Gasteiger partial charge on any atom is -0.326 e. The summed E-state index contributed by atoms with van der Waals surface area (Å²) in [7, 11) is 1.57. The van der Waals surface area contributed by atoms with Crippen molar-refractivity contribution in [1.82, 2.24) is 19.5 Å². The molecule has 0 amide bonds. The van der Waals surface area contributed by atoms with Gasteiger partial charge in [0.15, 0.2) is 5.82 Å². The lowest BCUT2D eigenvalue weighted by atomic mass is 9.92. The van der Waals surface area contributed by atoms with Crippen molar-refractivity contribution in [3.05, 3.63) is 59.8 Å². The summed E-state index contributed by atoms with van der Waals surface area (Å²) < 4.78 is 69.6. The highest BCUT2D eigenvalue weighted by Crippen LogP contribution is 2.33. The third-order valence-corrected chi connectivity index (χ3v) is 5.15. The van der Waals surface area contributed by atoms with E-state index in [2.05, 4.69) is 14.9 Å². The summed E-state index contributed by atoms with van der Waals surface area (Å²) in [4.78, 5) is 20.7. The summed E-state index contributed by atoms with van der Waals surface area (Å²) >= 11 is 0. The first-order valence-corrected chi connectivity index (χ1v) is 10.1. The van der Waals surface area contributed by atoms with Gasteiger partial charge < -0.3 is 4.84 Å². The van der Waals surface area contributed by atoms with Crippen molar-refractivity contribution in [2.24, 2.45) is 7.05 Å². The minimum atomic E-state index is -5.26. The summed E-state index contributed by atoms with van der Waals surface area (Å²) in [5.41, 5.74) is 0.361. The van der Waals surface area contributed by atoms with Gasteiger partial charge >= 0.3 is 12.1 Å². The molecule has 178 valence electrons. The van der Waals surface area contributed by atoms with Crippen LogP contribution in [-0.4, -0.2) is 31.6 Å². The first-order chi connectivity index (χ1) is 15.8. The number of fused-ring (bicyclic) bond motifs is 1. The number of nitrogens with zero attached hydrogens (tertiary/aromatic N) is 4. The van der Waals surface area contributed by atoms with Crippen molar-refractivity contribution in [3.8, 4) is 22.6 Å². The average Bonchev–Trinajstić information content (AvgIpc) is 3.27. The Labute approximate surface area is 190 Å². The van der Waals surface area contributed by atoms with Crippen LogP contribution in [0.25, 0.3) is 33.7 Å². The summed E-state index contributed by atoms with van der Waals surface area (Å²) in [5, 5.41) is 4.39. The molecule has 2 aromatic carbocycles. The molecule has 34 heavy (non-hydrogen) atoms. The van der Waals surface area contributed by atoms with Crippen LogP contribution < -0.4 is 4.84 Å². The Kier molecular flexibility index (Phi) is 5.46. The Morgan fingerprint density at radius 1 is 1.00 bits per heavy atom. The number of halogens is 5. The number of imidazole rings is 1. The van der Waals surface area contributed by atoms with E-state index in [9.17, 15) is 26.7 Å². The topological polar surface area (TPSA) is 61.9 Å². The molecule has 0 aliphatic rings. The van der Waals surface area contributed by atoms with Gasteiger partial charge in [-0.15, -0.1) is 0 Å². The quantitative estimate of drug-likeness (QED) is 0.380. The molecule has 11 heteroatoms. The Balaban J connectivity index is 1.94. The van der Waals surface area contributed by atoms with Gasteiger partial charge in [-0.25, -0.2) is 18.6 Å². The van der Waals surface area contributed by atoms with E-state index < -0.39 is 23.8 Å². The average molecular weight is 478 g/mol. The first kappa shape index (κ1) is 23.4. The van der Waals surface area contributed by atoms with Crippen LogP contribution in [-0.2, 0) is 17.3 Å². The fourth-order valence-electron chi connectivity index (χ4n) is 3.42. The highest BCUT2D eigenvalue weighted by molar-refractivity contribution is 5.86. The maximum absolute atomic E-state index is 14.3. The summed E-state index contributed by atoms with van der Waals surface area (Å²) in [6.45, 7) is 5.71. The van der Waals surface area contributed by atoms with Crippen LogP contribution in [0.5, 0.6) is 0 Å². The van der Waals surface area contributed by atoms with Gasteiger partial charge in [-0.2, -0.15) is 23.0 Å². The van der Waals surface area contributed by atoms with E-state index in [1.54, 1.807) is 13.1 Å². The zero-order chi connectivity index (χ0) is 25.0. The van der Waals surface area contributed by atoms with Gasteiger partial charge in [-0.05, 0) is 35.9 Å². The molecule has 0 radical (unpaired) electrons. The van der Waals surface area contributed by atoms with Crippen LogP contribution in [0.3, 0.4) is 0 Å². The van der Waals surface area contributed by atoms with E-state index in [-0.39, 0.29) is 39.1 Å². The lowest BCUT2D eigenvalue weighted by Crippen LogP contribution is -2.33. The molecular formula is C23H19F5N4O2. The van der Waals surface area contributed by atoms with Crippen molar-refractivity contribution in [1.29, 1.82) is 0 Å². The molecule has 0 bridgehead atoms. The van der Waals surface area contributed by atoms with Crippen LogP contribution in [0.15, 0.2) is 42.5 Å². The van der Waals surface area contributed by atoms with E-state index in [0.29, 0.717) is 10.4 Å². The predicted octanol–water partition coefficient (Wildman–Crippen LogP) is 5.20. The number of benzene rings is 2. The number of hydrogen-bond donors (Lipinski definition) is 0. The molecular weight excluding hydrogens is 459 g/mol. The molecule has 2 aromatic heterocycles. The smallest absolute Gasteiger partial charge is 0.326 e. The molecule has 0 aliphatic heterocycles. The second kappa shape index (κ2) is 7.93. The highest BCUT2D eigenvalue weighted by atomic mass is 19.4. The second-order valence-corrected chi connectivity index (χ2v) is 8.69. The molecule has 0 atom stereocenters. The number of rotatable bonds is 3. The number of aromatic nitrogens is 4. The van der Waals surface area contributed by atoms with E-state index in [4.69, 9.17) is 0 Å².